The second kappa shape index (κ2) is 6.86. The molecule has 0 radical (unpaired) electrons. The Morgan fingerprint density at radius 2 is 1.94 bits per heavy atom. The molecule has 1 aromatic rings. The van der Waals surface area contributed by atoms with Crippen molar-refractivity contribution in [3.8, 4) is 6.07 Å². The van der Waals surface area contributed by atoms with Crippen molar-refractivity contribution < 1.29 is 0 Å². The SMILES string of the molecule is N#CCCCCCCN1C=Cc2ccccc2C1. The summed E-state index contributed by atoms with van der Waals surface area (Å²) in [5.41, 5.74) is 2.77. The second-order valence-corrected chi connectivity index (χ2v) is 4.81. The second-order valence-electron chi connectivity index (χ2n) is 4.81. The molecule has 1 aliphatic rings. The molecule has 0 spiro atoms. The molecule has 0 amide bonds. The average molecular weight is 240 g/mol. The van der Waals surface area contributed by atoms with E-state index < -0.39 is 0 Å². The highest BCUT2D eigenvalue weighted by Gasteiger charge is 2.08. The Balaban J connectivity index is 1.69. The molecule has 0 aliphatic carbocycles. The van der Waals surface area contributed by atoms with Crippen LogP contribution in [0.5, 0.6) is 0 Å². The fourth-order valence-electron chi connectivity index (χ4n) is 2.32. The quantitative estimate of drug-likeness (QED) is 0.704. The van der Waals surface area contributed by atoms with Crippen LogP contribution in [-0.4, -0.2) is 11.4 Å². The minimum Gasteiger partial charge on any atom is -0.373 e. The zero-order valence-corrected chi connectivity index (χ0v) is 10.8. The van der Waals surface area contributed by atoms with Gasteiger partial charge in [-0.2, -0.15) is 5.26 Å². The largest absolute Gasteiger partial charge is 0.373 e. The number of fused-ring (bicyclic) bond motifs is 1. The van der Waals surface area contributed by atoms with Gasteiger partial charge in [0, 0.05) is 19.5 Å². The van der Waals surface area contributed by atoms with Crippen LogP contribution in [-0.2, 0) is 6.54 Å². The number of rotatable bonds is 6. The highest BCUT2D eigenvalue weighted by molar-refractivity contribution is 5.55. The van der Waals surface area contributed by atoms with Gasteiger partial charge in [-0.05, 0) is 36.2 Å². The van der Waals surface area contributed by atoms with E-state index in [1.807, 2.05) is 0 Å². The van der Waals surface area contributed by atoms with Crippen molar-refractivity contribution in [2.45, 2.75) is 38.6 Å². The summed E-state index contributed by atoms with van der Waals surface area (Å²) in [7, 11) is 0. The van der Waals surface area contributed by atoms with E-state index in [1.54, 1.807) is 0 Å². The first-order valence-electron chi connectivity index (χ1n) is 6.77. The van der Waals surface area contributed by atoms with Crippen LogP contribution in [0.15, 0.2) is 30.5 Å². The van der Waals surface area contributed by atoms with Gasteiger partial charge < -0.3 is 4.90 Å². The lowest BCUT2D eigenvalue weighted by Crippen LogP contribution is -2.21. The first-order chi connectivity index (χ1) is 8.90. The summed E-state index contributed by atoms with van der Waals surface area (Å²) in [5, 5.41) is 8.45. The van der Waals surface area contributed by atoms with Crippen molar-refractivity contribution in [2.75, 3.05) is 6.54 Å². The summed E-state index contributed by atoms with van der Waals surface area (Å²) < 4.78 is 0. The average Bonchev–Trinajstić information content (AvgIpc) is 2.42. The lowest BCUT2D eigenvalue weighted by Gasteiger charge is -2.25. The molecule has 2 nitrogen and oxygen atoms in total. The van der Waals surface area contributed by atoms with Gasteiger partial charge in [-0.15, -0.1) is 0 Å². The highest BCUT2D eigenvalue weighted by atomic mass is 15.1. The van der Waals surface area contributed by atoms with Crippen molar-refractivity contribution >= 4 is 6.08 Å². The van der Waals surface area contributed by atoms with Crippen LogP contribution in [0.25, 0.3) is 6.08 Å². The maximum atomic E-state index is 8.45. The Morgan fingerprint density at radius 3 is 2.83 bits per heavy atom. The molecule has 0 fully saturated rings. The maximum Gasteiger partial charge on any atom is 0.0621 e. The molecule has 0 aromatic heterocycles. The Kier molecular flexibility index (Phi) is 4.84. The molecule has 18 heavy (non-hydrogen) atoms. The molecule has 1 heterocycles. The van der Waals surface area contributed by atoms with E-state index in [4.69, 9.17) is 5.26 Å². The van der Waals surface area contributed by atoms with Crippen LogP contribution in [0, 0.1) is 11.3 Å². The molecule has 0 saturated carbocycles. The number of benzene rings is 1. The molecule has 2 heteroatoms. The number of nitriles is 1. The fourth-order valence-corrected chi connectivity index (χ4v) is 2.32. The van der Waals surface area contributed by atoms with Gasteiger partial charge in [-0.3, -0.25) is 0 Å². The van der Waals surface area contributed by atoms with E-state index in [9.17, 15) is 0 Å². The summed E-state index contributed by atoms with van der Waals surface area (Å²) in [5.74, 6) is 0. The van der Waals surface area contributed by atoms with E-state index in [0.717, 1.165) is 19.5 Å². The molecular weight excluding hydrogens is 220 g/mol. The number of unbranched alkanes of at least 4 members (excludes halogenated alkanes) is 4. The van der Waals surface area contributed by atoms with Crippen molar-refractivity contribution in [3.63, 3.8) is 0 Å². The van der Waals surface area contributed by atoms with Crippen LogP contribution in [0.2, 0.25) is 0 Å². The zero-order valence-electron chi connectivity index (χ0n) is 10.8. The van der Waals surface area contributed by atoms with Gasteiger partial charge in [0.25, 0.3) is 0 Å². The number of nitrogens with zero attached hydrogens (tertiary/aromatic N) is 2. The fraction of sp³-hybridized carbons (Fsp3) is 0.438. The zero-order chi connectivity index (χ0) is 12.6. The summed E-state index contributed by atoms with van der Waals surface area (Å²) in [6.07, 6.45) is 9.80. The van der Waals surface area contributed by atoms with Crippen LogP contribution in [0.3, 0.4) is 0 Å². The van der Waals surface area contributed by atoms with E-state index >= 15 is 0 Å². The molecule has 0 unspecified atom stereocenters. The van der Waals surface area contributed by atoms with Gasteiger partial charge >= 0.3 is 0 Å². The van der Waals surface area contributed by atoms with Gasteiger partial charge in [-0.25, -0.2) is 0 Å². The van der Waals surface area contributed by atoms with Gasteiger partial charge in [0.15, 0.2) is 0 Å². The minimum atomic E-state index is 0.705. The lowest BCUT2D eigenvalue weighted by molar-refractivity contribution is 0.353. The van der Waals surface area contributed by atoms with E-state index in [-0.39, 0.29) is 0 Å². The normalized spacial score (nSPS) is 13.2. The molecule has 94 valence electrons. The van der Waals surface area contributed by atoms with Gasteiger partial charge in [0.2, 0.25) is 0 Å². The van der Waals surface area contributed by atoms with Crippen LogP contribution < -0.4 is 0 Å². The molecule has 0 N–H and O–H groups in total. The standard InChI is InChI=1S/C16H20N2/c17-11-6-2-1-3-7-12-18-13-10-15-8-4-5-9-16(15)14-18/h4-5,8-10,13H,1-3,6-7,12,14H2. The highest BCUT2D eigenvalue weighted by Crippen LogP contribution is 2.19. The van der Waals surface area contributed by atoms with Crippen molar-refractivity contribution in [1.29, 1.82) is 5.26 Å². The first-order valence-corrected chi connectivity index (χ1v) is 6.77. The van der Waals surface area contributed by atoms with Crippen LogP contribution in [0.1, 0.15) is 43.2 Å². The van der Waals surface area contributed by atoms with Crippen molar-refractivity contribution in [2.24, 2.45) is 0 Å². The van der Waals surface area contributed by atoms with Crippen molar-refractivity contribution in [1.82, 2.24) is 4.90 Å². The molecule has 2 rings (SSSR count). The Hall–Kier alpha value is -1.75. The van der Waals surface area contributed by atoms with Gasteiger partial charge in [-0.1, -0.05) is 37.1 Å². The van der Waals surface area contributed by atoms with Crippen molar-refractivity contribution in [3.05, 3.63) is 41.6 Å². The summed E-state index contributed by atoms with van der Waals surface area (Å²) in [6.45, 7) is 2.16. The van der Waals surface area contributed by atoms with Gasteiger partial charge in [0.05, 0.1) is 6.07 Å². The minimum absolute atomic E-state index is 0.705. The molecule has 0 bridgehead atoms. The molecule has 1 aromatic carbocycles. The first kappa shape index (κ1) is 12.7. The number of hydrogen-bond donors (Lipinski definition) is 0. The van der Waals surface area contributed by atoms with E-state index in [2.05, 4.69) is 47.5 Å². The third-order valence-electron chi connectivity index (χ3n) is 3.38. The van der Waals surface area contributed by atoms with Crippen LogP contribution >= 0.6 is 0 Å². The lowest BCUT2D eigenvalue weighted by atomic mass is 10.0. The summed E-state index contributed by atoms with van der Waals surface area (Å²) in [6, 6.07) is 10.8. The Labute approximate surface area is 110 Å². The predicted octanol–water partition coefficient (Wildman–Crippen LogP) is 3.95. The molecule has 0 saturated heterocycles. The molecule has 1 aliphatic heterocycles. The molecular formula is C16H20N2. The third-order valence-corrected chi connectivity index (χ3v) is 3.38. The molecule has 0 atom stereocenters. The Bertz CT molecular complexity index is 443. The topological polar surface area (TPSA) is 27.0 Å². The maximum absolute atomic E-state index is 8.45. The third kappa shape index (κ3) is 3.63. The summed E-state index contributed by atoms with van der Waals surface area (Å²) >= 11 is 0. The van der Waals surface area contributed by atoms with E-state index in [0.29, 0.717) is 6.42 Å². The summed E-state index contributed by atoms with van der Waals surface area (Å²) in [4.78, 5) is 2.38. The van der Waals surface area contributed by atoms with Crippen LogP contribution in [0.4, 0.5) is 0 Å². The number of hydrogen-bond acceptors (Lipinski definition) is 2. The predicted molar refractivity (Wildman–Crippen MR) is 74.6 cm³/mol. The monoisotopic (exact) mass is 240 g/mol. The van der Waals surface area contributed by atoms with Gasteiger partial charge in [0.1, 0.15) is 0 Å². The smallest absolute Gasteiger partial charge is 0.0621 e. The Morgan fingerprint density at radius 1 is 1.11 bits per heavy atom. The van der Waals surface area contributed by atoms with E-state index in [1.165, 1.54) is 30.4 Å².